The van der Waals surface area contributed by atoms with E-state index in [-0.39, 0.29) is 37.9 Å². The van der Waals surface area contributed by atoms with Gasteiger partial charge >= 0.3 is 12.2 Å². The van der Waals surface area contributed by atoms with Gasteiger partial charge in [-0.3, -0.25) is 9.59 Å². The average Bonchev–Trinajstić information content (AvgIpc) is 3.70. The minimum atomic E-state index is -0.677. The molecule has 4 aromatic rings. The number of hydrogen-bond donors (Lipinski definition) is 0. The normalized spacial score (nSPS) is 18.2. The molecule has 2 saturated heterocycles. The zero-order chi connectivity index (χ0) is 35.7. The van der Waals surface area contributed by atoms with Gasteiger partial charge < -0.3 is 14.2 Å². The molecule has 0 N–H and O–H groups in total. The van der Waals surface area contributed by atoms with Gasteiger partial charge in [0.15, 0.2) is 0 Å². The van der Waals surface area contributed by atoms with Crippen LogP contribution >= 0.6 is 11.6 Å². The monoisotopic (exact) mass is 708 g/mol. The highest BCUT2D eigenvalue weighted by Crippen LogP contribution is 2.30. The number of cyclic esters (lactones) is 2. The van der Waals surface area contributed by atoms with Crippen LogP contribution in [0.4, 0.5) is 9.59 Å². The van der Waals surface area contributed by atoms with Crippen LogP contribution in [0.1, 0.15) is 35.1 Å². The van der Waals surface area contributed by atoms with Crippen LogP contribution in [0.3, 0.4) is 0 Å². The van der Waals surface area contributed by atoms with Gasteiger partial charge in [-0.2, -0.15) is 0 Å². The van der Waals surface area contributed by atoms with Gasteiger partial charge in [0.2, 0.25) is 11.8 Å². The number of halogens is 1. The van der Waals surface area contributed by atoms with Gasteiger partial charge in [0.1, 0.15) is 19.0 Å². The number of imide groups is 2. The van der Waals surface area contributed by atoms with Gasteiger partial charge in [0.25, 0.3) is 0 Å². The third-order valence-corrected chi connectivity index (χ3v) is 9.83. The molecule has 6 rings (SSSR count). The van der Waals surface area contributed by atoms with Crippen LogP contribution in [-0.4, -0.2) is 66.2 Å². The number of carbonyl (C=O) groups is 4. The lowest BCUT2D eigenvalue weighted by Gasteiger charge is -2.28. The molecule has 2 aliphatic heterocycles. The number of carbonyl (C=O) groups excluding carboxylic acids is 4. The maximum Gasteiger partial charge on any atom is 0.416 e. The minimum Gasteiger partial charge on any atom is -0.497 e. The molecule has 4 aromatic carbocycles. The van der Waals surface area contributed by atoms with Crippen LogP contribution in [-0.2, 0) is 44.7 Å². The Bertz CT molecular complexity index is 1820. The highest BCUT2D eigenvalue weighted by molar-refractivity contribution is 6.30. The van der Waals surface area contributed by atoms with Crippen molar-refractivity contribution < 1.29 is 33.4 Å². The molecule has 4 atom stereocenters. The fraction of sp³-hybridized carbons (Fsp3) is 0.317. The molecule has 9 nitrogen and oxygen atoms in total. The van der Waals surface area contributed by atoms with Crippen molar-refractivity contribution in [3.8, 4) is 5.75 Å². The average molecular weight is 709 g/mol. The summed E-state index contributed by atoms with van der Waals surface area (Å²) in [7, 11) is 1.59. The van der Waals surface area contributed by atoms with E-state index in [1.165, 1.54) is 9.80 Å². The summed E-state index contributed by atoms with van der Waals surface area (Å²) in [5.74, 6) is -1.38. The van der Waals surface area contributed by atoms with Gasteiger partial charge in [-0.1, -0.05) is 96.5 Å². The number of ether oxygens (including phenoxy) is 3. The predicted molar refractivity (Wildman–Crippen MR) is 192 cm³/mol. The largest absolute Gasteiger partial charge is 0.497 e. The number of rotatable bonds is 14. The van der Waals surface area contributed by atoms with Crippen molar-refractivity contribution in [1.82, 2.24) is 9.80 Å². The maximum atomic E-state index is 14.4. The first-order valence-corrected chi connectivity index (χ1v) is 17.6. The molecule has 0 spiro atoms. The molecule has 0 radical (unpaired) electrons. The molecular weight excluding hydrogens is 668 g/mol. The predicted octanol–water partition coefficient (Wildman–Crippen LogP) is 7.33. The lowest BCUT2D eigenvalue weighted by atomic mass is 9.86. The zero-order valence-electron chi connectivity index (χ0n) is 28.5. The van der Waals surface area contributed by atoms with Crippen LogP contribution in [0.15, 0.2) is 109 Å². The summed E-state index contributed by atoms with van der Waals surface area (Å²) in [6.07, 6.45) is 0.742. The van der Waals surface area contributed by atoms with E-state index < -0.39 is 36.1 Å². The zero-order valence-corrected chi connectivity index (χ0v) is 29.2. The number of benzene rings is 4. The van der Waals surface area contributed by atoms with E-state index in [9.17, 15) is 19.2 Å². The molecule has 0 bridgehead atoms. The molecule has 0 saturated carbocycles. The summed E-state index contributed by atoms with van der Waals surface area (Å²) in [6.45, 7) is 0.201. The Morgan fingerprint density at radius 3 is 1.61 bits per heavy atom. The van der Waals surface area contributed by atoms with Crippen LogP contribution in [0, 0.1) is 11.8 Å². The minimum absolute atomic E-state index is 0.0990. The Morgan fingerprint density at radius 1 is 0.667 bits per heavy atom. The molecule has 4 amide bonds. The molecule has 0 aromatic heterocycles. The van der Waals surface area contributed by atoms with Crippen molar-refractivity contribution in [2.24, 2.45) is 11.8 Å². The molecule has 10 heteroatoms. The molecule has 51 heavy (non-hydrogen) atoms. The van der Waals surface area contributed by atoms with Crippen molar-refractivity contribution in [1.29, 1.82) is 0 Å². The first kappa shape index (κ1) is 35.7. The molecule has 2 fully saturated rings. The summed E-state index contributed by atoms with van der Waals surface area (Å²) < 4.78 is 16.2. The Kier molecular flexibility index (Phi) is 11.7. The van der Waals surface area contributed by atoms with Crippen molar-refractivity contribution in [3.05, 3.63) is 136 Å². The van der Waals surface area contributed by atoms with Crippen LogP contribution < -0.4 is 4.74 Å². The van der Waals surface area contributed by atoms with Crippen LogP contribution in [0.2, 0.25) is 5.02 Å². The van der Waals surface area contributed by atoms with E-state index in [1.54, 1.807) is 19.2 Å². The Balaban J connectivity index is 1.27. The summed E-state index contributed by atoms with van der Waals surface area (Å²) in [6, 6.07) is 33.1. The van der Waals surface area contributed by atoms with Gasteiger partial charge in [0, 0.05) is 16.9 Å². The van der Waals surface area contributed by atoms with Gasteiger partial charge in [0.05, 0.1) is 19.2 Å². The lowest BCUT2D eigenvalue weighted by molar-refractivity contribution is -0.136. The summed E-state index contributed by atoms with van der Waals surface area (Å²) >= 11 is 6.34. The number of amides is 4. The third-order valence-electron chi connectivity index (χ3n) is 9.60. The lowest BCUT2D eigenvalue weighted by Crippen LogP contribution is -2.45. The molecule has 2 heterocycles. The van der Waals surface area contributed by atoms with E-state index in [1.807, 2.05) is 97.1 Å². The number of hydrogen-bond acceptors (Lipinski definition) is 7. The van der Waals surface area contributed by atoms with Crippen molar-refractivity contribution >= 4 is 35.6 Å². The van der Waals surface area contributed by atoms with Crippen molar-refractivity contribution in [3.63, 3.8) is 0 Å². The Morgan fingerprint density at radius 2 is 1.14 bits per heavy atom. The Hall–Kier alpha value is -5.15. The van der Waals surface area contributed by atoms with E-state index >= 15 is 0 Å². The highest BCUT2D eigenvalue weighted by atomic mass is 35.5. The van der Waals surface area contributed by atoms with Crippen LogP contribution in [0.5, 0.6) is 5.75 Å². The standard InChI is InChI=1S/C41H41ClN2O7/c1-49-37-19-15-30(16-20-37)21-32(38(45)43-35(26-50-40(43)47)24-28-9-4-2-5-10-28)17-18-33(22-31-13-8-14-34(42)23-31)39(46)44-36(27-51-41(44)48)25-29-11-6-3-7-12-29/h2-16,19-20,23,32-33,35-36H,17-18,21-22,24-27H2,1H3. The summed E-state index contributed by atoms with van der Waals surface area (Å²) in [5, 5.41) is 0.533. The van der Waals surface area contributed by atoms with E-state index in [0.717, 1.165) is 22.3 Å². The topological polar surface area (TPSA) is 102 Å². The number of nitrogens with zero attached hydrogens (tertiary/aromatic N) is 2. The first-order chi connectivity index (χ1) is 24.8. The van der Waals surface area contributed by atoms with Gasteiger partial charge in [-0.15, -0.1) is 0 Å². The second-order valence-corrected chi connectivity index (χ2v) is 13.6. The summed E-state index contributed by atoms with van der Waals surface area (Å²) in [5.41, 5.74) is 3.68. The molecule has 0 aliphatic carbocycles. The fourth-order valence-electron chi connectivity index (χ4n) is 6.95. The SMILES string of the molecule is COc1ccc(CC(CCC(Cc2cccc(Cl)c2)C(=O)N2C(=O)OCC2Cc2ccccc2)C(=O)N2C(=O)OCC2Cc2ccccc2)cc1. The molecule has 264 valence electrons. The van der Waals surface area contributed by atoms with E-state index in [4.69, 9.17) is 25.8 Å². The molecule has 2 aliphatic rings. The highest BCUT2D eigenvalue weighted by Gasteiger charge is 2.43. The van der Waals surface area contributed by atoms with Gasteiger partial charge in [-0.25, -0.2) is 19.4 Å². The quantitative estimate of drug-likeness (QED) is 0.135. The molecule has 4 unspecified atom stereocenters. The Labute approximate surface area is 303 Å². The van der Waals surface area contributed by atoms with E-state index in [2.05, 4.69) is 0 Å². The van der Waals surface area contributed by atoms with E-state index in [0.29, 0.717) is 36.5 Å². The maximum absolute atomic E-state index is 14.4. The third kappa shape index (κ3) is 8.96. The first-order valence-electron chi connectivity index (χ1n) is 17.2. The fourth-order valence-corrected chi connectivity index (χ4v) is 7.16. The second kappa shape index (κ2) is 16.7. The molecular formula is C41H41ClN2O7. The van der Waals surface area contributed by atoms with Crippen molar-refractivity contribution in [2.45, 2.75) is 50.6 Å². The second-order valence-electron chi connectivity index (χ2n) is 13.1. The van der Waals surface area contributed by atoms with Crippen LogP contribution in [0.25, 0.3) is 0 Å². The van der Waals surface area contributed by atoms with Gasteiger partial charge in [-0.05, 0) is 85.0 Å². The van der Waals surface area contributed by atoms with Crippen molar-refractivity contribution in [2.75, 3.05) is 20.3 Å². The smallest absolute Gasteiger partial charge is 0.416 e. The number of methoxy groups -OCH3 is 1. The summed E-state index contributed by atoms with van der Waals surface area (Å²) in [4.78, 5) is 57.6.